The number of ether oxygens (including phenoxy) is 1. The van der Waals surface area contributed by atoms with Gasteiger partial charge in [0.1, 0.15) is 0 Å². The topological polar surface area (TPSA) is 87.8 Å². The highest BCUT2D eigenvalue weighted by molar-refractivity contribution is 5.74. The number of likely N-dealkylation sites (tertiary alicyclic amines) is 1. The molecular formula is C18H35N3O3. The average molecular weight is 341 g/mol. The molecule has 2 amide bonds. The fourth-order valence-corrected chi connectivity index (χ4v) is 3.97. The number of piperidine rings is 1. The Labute approximate surface area is 146 Å². The molecule has 1 saturated heterocycles. The Balaban J connectivity index is 1.82. The van der Waals surface area contributed by atoms with Crippen LogP contribution >= 0.6 is 0 Å². The summed E-state index contributed by atoms with van der Waals surface area (Å²) in [7, 11) is 0. The summed E-state index contributed by atoms with van der Waals surface area (Å²) >= 11 is 0. The lowest BCUT2D eigenvalue weighted by Crippen LogP contribution is -2.59. The molecule has 2 aliphatic rings. The molecule has 4 N–H and O–H groups in total. The highest BCUT2D eigenvalue weighted by atomic mass is 16.5. The molecule has 2 fully saturated rings. The zero-order valence-electron chi connectivity index (χ0n) is 15.2. The minimum absolute atomic E-state index is 0.0365. The lowest BCUT2D eigenvalue weighted by Gasteiger charge is -2.40. The molecule has 1 aliphatic carbocycles. The van der Waals surface area contributed by atoms with Crippen LogP contribution in [0.15, 0.2) is 0 Å². The van der Waals surface area contributed by atoms with Crippen LogP contribution in [0.1, 0.15) is 52.4 Å². The van der Waals surface area contributed by atoms with Gasteiger partial charge in [0.25, 0.3) is 0 Å². The predicted molar refractivity (Wildman–Crippen MR) is 94.7 cm³/mol. The number of nitrogens with one attached hydrogen (secondary N) is 1. The number of rotatable bonds is 6. The van der Waals surface area contributed by atoms with E-state index in [1.807, 2.05) is 0 Å². The molecule has 24 heavy (non-hydrogen) atoms. The Bertz CT molecular complexity index is 384. The molecule has 0 aromatic carbocycles. The van der Waals surface area contributed by atoms with E-state index >= 15 is 0 Å². The van der Waals surface area contributed by atoms with Crippen molar-refractivity contribution in [3.05, 3.63) is 0 Å². The van der Waals surface area contributed by atoms with Crippen LogP contribution in [0.4, 0.5) is 4.79 Å². The molecule has 140 valence electrons. The van der Waals surface area contributed by atoms with Crippen LogP contribution in [0, 0.1) is 11.8 Å². The number of carbonyl (C=O) groups is 1. The van der Waals surface area contributed by atoms with E-state index in [-0.39, 0.29) is 31.3 Å². The molecule has 1 heterocycles. The summed E-state index contributed by atoms with van der Waals surface area (Å²) in [6.07, 6.45) is 6.85. The molecule has 1 aliphatic heterocycles. The second-order valence-electron chi connectivity index (χ2n) is 7.64. The summed E-state index contributed by atoms with van der Waals surface area (Å²) in [5, 5.41) is 11.6. The summed E-state index contributed by atoms with van der Waals surface area (Å²) in [5.41, 5.74) is 6.26. The number of aliphatic hydroxyl groups is 1. The van der Waals surface area contributed by atoms with Crippen LogP contribution in [0.5, 0.6) is 0 Å². The van der Waals surface area contributed by atoms with Gasteiger partial charge in [-0.25, -0.2) is 4.79 Å². The van der Waals surface area contributed by atoms with Crippen molar-refractivity contribution in [2.45, 2.75) is 70.6 Å². The van der Waals surface area contributed by atoms with E-state index < -0.39 is 0 Å². The number of carbonyl (C=O) groups excluding carboxylic acids is 1. The summed E-state index contributed by atoms with van der Waals surface area (Å²) in [6, 6.07) is -0.248. The molecule has 0 bridgehead atoms. The predicted octanol–water partition coefficient (Wildman–Crippen LogP) is 1.71. The van der Waals surface area contributed by atoms with Crippen molar-refractivity contribution in [3.63, 3.8) is 0 Å². The third-order valence-corrected chi connectivity index (χ3v) is 5.64. The molecule has 6 heteroatoms. The lowest BCUT2D eigenvalue weighted by molar-refractivity contribution is -0.0228. The Morgan fingerprint density at radius 3 is 2.62 bits per heavy atom. The van der Waals surface area contributed by atoms with Gasteiger partial charge in [0.15, 0.2) is 0 Å². The van der Waals surface area contributed by atoms with E-state index in [9.17, 15) is 4.79 Å². The highest BCUT2D eigenvalue weighted by Crippen LogP contribution is 2.31. The first-order valence-electron chi connectivity index (χ1n) is 9.55. The van der Waals surface area contributed by atoms with Crippen molar-refractivity contribution in [3.8, 4) is 0 Å². The minimum Gasteiger partial charge on any atom is -0.395 e. The summed E-state index contributed by atoms with van der Waals surface area (Å²) < 4.78 is 6.15. The van der Waals surface area contributed by atoms with Crippen LogP contribution in [0.3, 0.4) is 0 Å². The normalized spacial score (nSPS) is 31.3. The second-order valence-corrected chi connectivity index (χ2v) is 7.64. The van der Waals surface area contributed by atoms with Gasteiger partial charge in [-0.05, 0) is 50.4 Å². The van der Waals surface area contributed by atoms with E-state index in [0.29, 0.717) is 19.3 Å². The van der Waals surface area contributed by atoms with Crippen LogP contribution in [-0.4, -0.2) is 60.5 Å². The van der Waals surface area contributed by atoms with E-state index in [4.69, 9.17) is 15.6 Å². The number of aliphatic hydroxyl groups excluding tert-OH is 1. The van der Waals surface area contributed by atoms with E-state index in [1.54, 1.807) is 4.90 Å². The van der Waals surface area contributed by atoms with Crippen molar-refractivity contribution >= 4 is 6.03 Å². The molecule has 0 unspecified atom stereocenters. The quantitative estimate of drug-likeness (QED) is 0.686. The Hall–Kier alpha value is -0.850. The number of amides is 2. The van der Waals surface area contributed by atoms with Crippen LogP contribution < -0.4 is 11.1 Å². The number of hydrogen-bond donors (Lipinski definition) is 3. The van der Waals surface area contributed by atoms with E-state index in [1.165, 1.54) is 12.8 Å². The number of urea groups is 1. The Morgan fingerprint density at radius 2 is 2.00 bits per heavy atom. The average Bonchev–Trinajstić information content (AvgIpc) is 2.58. The molecular weight excluding hydrogens is 306 g/mol. The van der Waals surface area contributed by atoms with Crippen molar-refractivity contribution in [1.82, 2.24) is 10.2 Å². The first-order valence-corrected chi connectivity index (χ1v) is 9.55. The molecule has 1 saturated carbocycles. The Kier molecular flexibility index (Phi) is 7.78. The zero-order chi connectivity index (χ0) is 17.5. The summed E-state index contributed by atoms with van der Waals surface area (Å²) in [5.74, 6) is 1.57. The van der Waals surface area contributed by atoms with E-state index in [0.717, 1.165) is 37.5 Å². The maximum absolute atomic E-state index is 12.3. The van der Waals surface area contributed by atoms with Crippen molar-refractivity contribution < 1.29 is 14.6 Å². The molecule has 0 aromatic rings. The SMILES string of the molecule is CC(C)[C@H]1CC[C@@H](OC[C@H]2[C@@H](N)CCCN2C(=O)NCCO)CC1. The monoisotopic (exact) mass is 341 g/mol. The van der Waals surface area contributed by atoms with Gasteiger partial charge >= 0.3 is 6.03 Å². The molecule has 0 spiro atoms. The third-order valence-electron chi connectivity index (χ3n) is 5.64. The molecule has 0 aromatic heterocycles. The Morgan fingerprint density at radius 1 is 1.29 bits per heavy atom. The number of hydrogen-bond acceptors (Lipinski definition) is 4. The van der Waals surface area contributed by atoms with Gasteiger partial charge < -0.3 is 25.8 Å². The first kappa shape index (κ1) is 19.5. The fraction of sp³-hybridized carbons (Fsp3) is 0.944. The van der Waals surface area contributed by atoms with Gasteiger partial charge in [0.05, 0.1) is 25.4 Å². The molecule has 0 radical (unpaired) electrons. The van der Waals surface area contributed by atoms with E-state index in [2.05, 4.69) is 19.2 Å². The van der Waals surface area contributed by atoms with Gasteiger partial charge in [-0.2, -0.15) is 0 Å². The zero-order valence-corrected chi connectivity index (χ0v) is 15.2. The van der Waals surface area contributed by atoms with Gasteiger partial charge in [0, 0.05) is 19.1 Å². The van der Waals surface area contributed by atoms with Crippen molar-refractivity contribution in [1.29, 1.82) is 0 Å². The lowest BCUT2D eigenvalue weighted by atomic mass is 9.80. The van der Waals surface area contributed by atoms with Crippen LogP contribution in [0.2, 0.25) is 0 Å². The molecule has 6 nitrogen and oxygen atoms in total. The van der Waals surface area contributed by atoms with Crippen molar-refractivity contribution in [2.75, 3.05) is 26.3 Å². The first-order chi connectivity index (χ1) is 11.5. The maximum Gasteiger partial charge on any atom is 0.317 e. The summed E-state index contributed by atoms with van der Waals surface area (Å²) in [4.78, 5) is 14.1. The standard InChI is InChI=1S/C18H35N3O3/c1-13(2)14-5-7-15(8-6-14)24-12-17-16(19)4-3-10-21(17)18(23)20-9-11-22/h13-17,22H,3-12,19H2,1-2H3,(H,20,23)/t14-,15+,16-,17-/m0/s1. The van der Waals surface area contributed by atoms with Crippen LogP contribution in [-0.2, 0) is 4.74 Å². The number of nitrogens with zero attached hydrogens (tertiary/aromatic N) is 1. The fourth-order valence-electron chi connectivity index (χ4n) is 3.97. The molecule has 2 rings (SSSR count). The highest BCUT2D eigenvalue weighted by Gasteiger charge is 2.33. The molecule has 2 atom stereocenters. The maximum atomic E-state index is 12.3. The van der Waals surface area contributed by atoms with Gasteiger partial charge in [0.2, 0.25) is 0 Å². The van der Waals surface area contributed by atoms with Crippen LogP contribution in [0.25, 0.3) is 0 Å². The third kappa shape index (κ3) is 5.33. The largest absolute Gasteiger partial charge is 0.395 e. The summed E-state index contributed by atoms with van der Waals surface area (Å²) in [6.45, 7) is 6.05. The second kappa shape index (κ2) is 9.59. The smallest absolute Gasteiger partial charge is 0.317 e. The van der Waals surface area contributed by atoms with Gasteiger partial charge in [-0.3, -0.25) is 0 Å². The van der Waals surface area contributed by atoms with Crippen molar-refractivity contribution in [2.24, 2.45) is 17.6 Å². The number of nitrogens with two attached hydrogens (primary N) is 1. The van der Waals surface area contributed by atoms with Gasteiger partial charge in [-0.1, -0.05) is 13.8 Å². The van der Waals surface area contributed by atoms with Gasteiger partial charge in [-0.15, -0.1) is 0 Å². The minimum atomic E-state index is -0.142.